The second kappa shape index (κ2) is 3.47. The van der Waals surface area contributed by atoms with Gasteiger partial charge in [0.15, 0.2) is 0 Å². The number of imide groups is 1. The Morgan fingerprint density at radius 2 is 1.53 bits per heavy atom. The summed E-state index contributed by atoms with van der Waals surface area (Å²) in [4.78, 5) is 38.5. The summed E-state index contributed by atoms with van der Waals surface area (Å²) in [5, 5.41) is 4.93. The first-order chi connectivity index (χ1) is 8.99. The Kier molecular flexibility index (Phi) is 2.10. The van der Waals surface area contributed by atoms with Crippen LogP contribution in [0.5, 0.6) is 0 Å². The molecule has 2 aliphatic rings. The third-order valence-corrected chi connectivity index (χ3v) is 3.66. The monoisotopic (exact) mass is 260 g/mol. The molecule has 3 rings (SSSR count). The number of likely N-dealkylation sites (N-methyl/N-ethyl adjacent to an activating group) is 2. The predicted octanol–water partition coefficient (Wildman–Crippen LogP) is 0.498. The van der Waals surface area contributed by atoms with Crippen LogP contribution in [0, 0.1) is 0 Å². The first-order valence-corrected chi connectivity index (χ1v) is 5.73. The quantitative estimate of drug-likeness (QED) is 0.666. The van der Waals surface area contributed by atoms with Gasteiger partial charge in [0.25, 0.3) is 5.91 Å². The second-order valence-corrected chi connectivity index (χ2v) is 4.53. The minimum atomic E-state index is -1.42. The van der Waals surface area contributed by atoms with Gasteiger partial charge in [0.05, 0.1) is 5.69 Å². The summed E-state index contributed by atoms with van der Waals surface area (Å²) in [5.74, 6) is -0.523. The Hall–Kier alpha value is -2.57. The number of benzene rings is 1. The Balaban J connectivity index is 2.32. The van der Waals surface area contributed by atoms with Gasteiger partial charge < -0.3 is 5.32 Å². The number of carbonyl (C=O) groups is 3. The SMILES string of the molecule is CN1C(=O)NC(=O)[C@]12c1ccccc1NC(=O)N2C. The van der Waals surface area contributed by atoms with Gasteiger partial charge in [-0.15, -0.1) is 0 Å². The van der Waals surface area contributed by atoms with Gasteiger partial charge in [-0.05, 0) is 6.07 Å². The number of urea groups is 2. The average Bonchev–Trinajstić information content (AvgIpc) is 2.60. The zero-order valence-corrected chi connectivity index (χ0v) is 10.4. The largest absolute Gasteiger partial charge is 0.326 e. The molecule has 2 N–H and O–H groups in total. The van der Waals surface area contributed by atoms with E-state index in [1.807, 2.05) is 0 Å². The van der Waals surface area contributed by atoms with Crippen LogP contribution in [0.25, 0.3) is 0 Å². The molecule has 2 heterocycles. The number of anilines is 1. The first kappa shape index (κ1) is 11.5. The van der Waals surface area contributed by atoms with E-state index in [-0.39, 0.29) is 0 Å². The molecule has 0 radical (unpaired) electrons. The zero-order valence-electron chi connectivity index (χ0n) is 10.4. The molecule has 1 aromatic rings. The maximum atomic E-state index is 12.3. The molecule has 0 aliphatic carbocycles. The lowest BCUT2D eigenvalue weighted by Gasteiger charge is -2.44. The lowest BCUT2D eigenvalue weighted by Crippen LogP contribution is -2.62. The van der Waals surface area contributed by atoms with Crippen LogP contribution in [-0.2, 0) is 10.5 Å². The van der Waals surface area contributed by atoms with Crippen LogP contribution in [-0.4, -0.2) is 41.9 Å². The Morgan fingerprint density at radius 1 is 0.947 bits per heavy atom. The highest BCUT2D eigenvalue weighted by molar-refractivity contribution is 6.11. The van der Waals surface area contributed by atoms with Crippen molar-refractivity contribution in [3.05, 3.63) is 29.8 Å². The maximum absolute atomic E-state index is 12.3. The summed E-state index contributed by atoms with van der Waals surface area (Å²) in [5.41, 5.74) is -0.319. The standard InChI is InChI=1S/C12H12N4O3/c1-15-10(18)13-8-6-4-3-5-7(8)12(15)9(17)14-11(19)16(12)2/h3-6H,1-2H3,(H,13,18)(H,14,17,19)/t12-/m0/s1. The number of rotatable bonds is 0. The predicted molar refractivity (Wildman–Crippen MR) is 66.2 cm³/mol. The third-order valence-electron chi connectivity index (χ3n) is 3.66. The molecule has 98 valence electrons. The van der Waals surface area contributed by atoms with Crippen LogP contribution < -0.4 is 10.6 Å². The molecule has 0 saturated carbocycles. The van der Waals surface area contributed by atoms with E-state index >= 15 is 0 Å². The number of hydrogen-bond acceptors (Lipinski definition) is 3. The minimum absolute atomic E-state index is 0.435. The van der Waals surface area contributed by atoms with E-state index in [1.54, 1.807) is 24.3 Å². The molecular formula is C12H12N4O3. The fourth-order valence-corrected chi connectivity index (χ4v) is 2.67. The second-order valence-electron chi connectivity index (χ2n) is 4.53. The molecule has 7 nitrogen and oxygen atoms in total. The van der Waals surface area contributed by atoms with Crippen LogP contribution in [0.1, 0.15) is 5.56 Å². The van der Waals surface area contributed by atoms with E-state index < -0.39 is 23.6 Å². The smallest absolute Gasteiger partial charge is 0.307 e. The van der Waals surface area contributed by atoms with E-state index in [1.165, 1.54) is 23.9 Å². The van der Waals surface area contributed by atoms with Crippen molar-refractivity contribution in [1.82, 2.24) is 15.1 Å². The van der Waals surface area contributed by atoms with E-state index in [2.05, 4.69) is 10.6 Å². The number of carbonyl (C=O) groups excluding carboxylic acids is 3. The first-order valence-electron chi connectivity index (χ1n) is 5.73. The van der Waals surface area contributed by atoms with E-state index in [9.17, 15) is 14.4 Å². The molecule has 1 fully saturated rings. The fourth-order valence-electron chi connectivity index (χ4n) is 2.67. The molecule has 1 spiro atoms. The number of nitrogens with zero attached hydrogens (tertiary/aromatic N) is 2. The van der Waals surface area contributed by atoms with Crippen molar-refractivity contribution in [3.63, 3.8) is 0 Å². The molecule has 2 aliphatic heterocycles. The summed E-state index contributed by atoms with van der Waals surface area (Å²) in [6.45, 7) is 0. The van der Waals surface area contributed by atoms with Gasteiger partial charge in [-0.3, -0.25) is 19.9 Å². The Bertz CT molecular complexity index is 615. The molecule has 7 heteroatoms. The van der Waals surface area contributed by atoms with Crippen molar-refractivity contribution in [1.29, 1.82) is 0 Å². The van der Waals surface area contributed by atoms with Gasteiger partial charge >= 0.3 is 12.1 Å². The van der Waals surface area contributed by atoms with Crippen LogP contribution in [0.2, 0.25) is 0 Å². The van der Waals surface area contributed by atoms with Gasteiger partial charge in [-0.25, -0.2) is 9.59 Å². The van der Waals surface area contributed by atoms with Gasteiger partial charge in [0.2, 0.25) is 5.66 Å². The van der Waals surface area contributed by atoms with E-state index in [0.717, 1.165) is 0 Å². The summed E-state index contributed by atoms with van der Waals surface area (Å²) in [7, 11) is 2.98. The molecule has 19 heavy (non-hydrogen) atoms. The minimum Gasteiger partial charge on any atom is -0.307 e. The number of fused-ring (bicyclic) bond motifs is 2. The van der Waals surface area contributed by atoms with Crippen molar-refractivity contribution >= 4 is 23.7 Å². The molecule has 0 aromatic heterocycles. The summed E-state index contributed by atoms with van der Waals surface area (Å²) < 4.78 is 0. The highest BCUT2D eigenvalue weighted by Gasteiger charge is 2.59. The van der Waals surface area contributed by atoms with Crippen molar-refractivity contribution in [3.8, 4) is 0 Å². The van der Waals surface area contributed by atoms with Gasteiger partial charge in [0, 0.05) is 19.7 Å². The molecule has 5 amide bonds. The highest BCUT2D eigenvalue weighted by atomic mass is 16.2. The topological polar surface area (TPSA) is 81.8 Å². The lowest BCUT2D eigenvalue weighted by molar-refractivity contribution is -0.133. The Morgan fingerprint density at radius 3 is 2.16 bits per heavy atom. The average molecular weight is 260 g/mol. The highest BCUT2D eigenvalue weighted by Crippen LogP contribution is 2.41. The molecule has 1 atom stereocenters. The van der Waals surface area contributed by atoms with E-state index in [4.69, 9.17) is 0 Å². The van der Waals surface area contributed by atoms with Crippen LogP contribution in [0.3, 0.4) is 0 Å². The van der Waals surface area contributed by atoms with Crippen molar-refractivity contribution in [2.24, 2.45) is 0 Å². The summed E-state index contributed by atoms with van der Waals surface area (Å²) in [6, 6.07) is 5.98. The number of para-hydroxylation sites is 1. The lowest BCUT2D eigenvalue weighted by atomic mass is 9.93. The van der Waals surface area contributed by atoms with Gasteiger partial charge in [0.1, 0.15) is 0 Å². The number of amides is 5. The fraction of sp³-hybridized carbons (Fsp3) is 0.250. The molecule has 0 bridgehead atoms. The summed E-state index contributed by atoms with van der Waals surface area (Å²) >= 11 is 0. The summed E-state index contributed by atoms with van der Waals surface area (Å²) in [6.07, 6.45) is 0. The molecule has 1 aromatic carbocycles. The normalized spacial score (nSPS) is 25.5. The van der Waals surface area contributed by atoms with Crippen LogP contribution in [0.15, 0.2) is 24.3 Å². The van der Waals surface area contributed by atoms with Gasteiger partial charge in [-0.2, -0.15) is 0 Å². The van der Waals surface area contributed by atoms with E-state index in [0.29, 0.717) is 11.3 Å². The number of nitrogens with one attached hydrogen (secondary N) is 2. The zero-order chi connectivity index (χ0) is 13.8. The molecular weight excluding hydrogens is 248 g/mol. The van der Waals surface area contributed by atoms with Crippen LogP contribution in [0.4, 0.5) is 15.3 Å². The number of hydrogen-bond donors (Lipinski definition) is 2. The Labute approximate surface area is 109 Å². The van der Waals surface area contributed by atoms with Crippen LogP contribution >= 0.6 is 0 Å². The maximum Gasteiger partial charge on any atom is 0.326 e. The van der Waals surface area contributed by atoms with Crippen molar-refractivity contribution in [2.45, 2.75) is 5.66 Å². The van der Waals surface area contributed by atoms with Crippen molar-refractivity contribution < 1.29 is 14.4 Å². The third kappa shape index (κ3) is 1.19. The van der Waals surface area contributed by atoms with Crippen molar-refractivity contribution in [2.75, 3.05) is 19.4 Å². The molecule has 0 unspecified atom stereocenters. The molecule has 1 saturated heterocycles. The van der Waals surface area contributed by atoms with Gasteiger partial charge in [-0.1, -0.05) is 18.2 Å².